The number of hydrogen-bond donors (Lipinski definition) is 1. The smallest absolute Gasteiger partial charge is 0.261 e. The Morgan fingerprint density at radius 3 is 2.50 bits per heavy atom. The lowest BCUT2D eigenvalue weighted by Gasteiger charge is -2.09. The first kappa shape index (κ1) is 17.4. The van der Waals surface area contributed by atoms with Gasteiger partial charge in [0.2, 0.25) is 0 Å². The van der Waals surface area contributed by atoms with E-state index in [1.54, 1.807) is 23.5 Å². The maximum atomic E-state index is 12.5. The summed E-state index contributed by atoms with van der Waals surface area (Å²) < 4.78 is 29.4. The van der Waals surface area contributed by atoms with E-state index in [9.17, 15) is 8.42 Å². The Balaban J connectivity index is 1.58. The third-order valence-electron chi connectivity index (χ3n) is 3.73. The lowest BCUT2D eigenvalue weighted by molar-refractivity contribution is 0.601. The summed E-state index contributed by atoms with van der Waals surface area (Å²) in [5.41, 5.74) is 2.18. The van der Waals surface area contributed by atoms with Gasteiger partial charge in [-0.1, -0.05) is 35.3 Å². The van der Waals surface area contributed by atoms with Crippen LogP contribution in [0.4, 0.5) is 5.69 Å². The molecule has 0 radical (unpaired) electrons. The molecule has 0 aliphatic heterocycles. The van der Waals surface area contributed by atoms with Crippen LogP contribution in [0.2, 0.25) is 10.0 Å². The number of halogens is 2. The molecular formula is C17H11Cl2N3O2S2. The van der Waals surface area contributed by atoms with E-state index in [1.807, 2.05) is 34.3 Å². The summed E-state index contributed by atoms with van der Waals surface area (Å²) in [5, 5.41) is 2.45. The Bertz CT molecular complexity index is 1170. The number of imidazole rings is 1. The Morgan fingerprint density at radius 1 is 1.04 bits per heavy atom. The molecule has 0 fully saturated rings. The molecule has 2 heterocycles. The van der Waals surface area contributed by atoms with Gasteiger partial charge in [0.15, 0.2) is 4.96 Å². The molecule has 2 aromatic carbocycles. The highest BCUT2D eigenvalue weighted by molar-refractivity contribution is 7.92. The normalized spacial score (nSPS) is 11.8. The van der Waals surface area contributed by atoms with E-state index in [2.05, 4.69) is 9.71 Å². The number of fused-ring (bicyclic) bond motifs is 1. The van der Waals surface area contributed by atoms with Crippen molar-refractivity contribution in [1.82, 2.24) is 9.38 Å². The summed E-state index contributed by atoms with van der Waals surface area (Å²) in [4.78, 5) is 5.48. The molecular weight excluding hydrogens is 413 g/mol. The van der Waals surface area contributed by atoms with Crippen LogP contribution in [0, 0.1) is 0 Å². The number of nitrogens with zero attached hydrogens (tertiary/aromatic N) is 2. The Kier molecular flexibility index (Phi) is 4.40. The number of aromatic nitrogens is 2. The fourth-order valence-corrected chi connectivity index (χ4v) is 4.58. The molecule has 4 rings (SSSR count). The summed E-state index contributed by atoms with van der Waals surface area (Å²) in [5.74, 6) is 0. The van der Waals surface area contributed by atoms with Crippen molar-refractivity contribution in [3.05, 3.63) is 70.3 Å². The van der Waals surface area contributed by atoms with E-state index in [1.165, 1.54) is 18.2 Å². The van der Waals surface area contributed by atoms with Crippen LogP contribution in [0.25, 0.3) is 16.2 Å². The van der Waals surface area contributed by atoms with Crippen molar-refractivity contribution in [2.45, 2.75) is 4.90 Å². The van der Waals surface area contributed by atoms with E-state index < -0.39 is 10.0 Å². The summed E-state index contributed by atoms with van der Waals surface area (Å²) in [6, 6.07) is 11.2. The van der Waals surface area contributed by atoms with Crippen molar-refractivity contribution in [2.75, 3.05) is 4.72 Å². The lowest BCUT2D eigenvalue weighted by atomic mass is 10.1. The highest BCUT2D eigenvalue weighted by Crippen LogP contribution is 2.27. The SMILES string of the molecule is O=S(=O)(Nc1ccc(-c2cn3ccsc3n2)cc1)c1ccc(Cl)c(Cl)c1. The van der Waals surface area contributed by atoms with E-state index in [4.69, 9.17) is 23.2 Å². The van der Waals surface area contributed by atoms with Crippen LogP contribution in [-0.2, 0) is 10.0 Å². The summed E-state index contributed by atoms with van der Waals surface area (Å²) in [6.45, 7) is 0. The summed E-state index contributed by atoms with van der Waals surface area (Å²) in [6.07, 6.45) is 3.87. The molecule has 9 heteroatoms. The van der Waals surface area contributed by atoms with Crippen molar-refractivity contribution in [2.24, 2.45) is 0 Å². The average molecular weight is 424 g/mol. The molecule has 0 aliphatic rings. The second-order valence-electron chi connectivity index (χ2n) is 5.48. The highest BCUT2D eigenvalue weighted by Gasteiger charge is 2.16. The van der Waals surface area contributed by atoms with Crippen LogP contribution in [0.3, 0.4) is 0 Å². The number of hydrogen-bond acceptors (Lipinski definition) is 4. The second-order valence-corrected chi connectivity index (χ2v) is 8.85. The van der Waals surface area contributed by atoms with Gasteiger partial charge >= 0.3 is 0 Å². The Hall–Kier alpha value is -2.06. The maximum Gasteiger partial charge on any atom is 0.261 e. The standard InChI is InChI=1S/C17H11Cl2N3O2S2/c18-14-6-5-13(9-15(14)19)26(23,24)21-12-3-1-11(2-4-12)16-10-22-7-8-25-17(22)20-16/h1-10,21H. The molecule has 0 saturated heterocycles. The number of thiazole rings is 1. The molecule has 1 N–H and O–H groups in total. The van der Waals surface area contributed by atoms with Gasteiger partial charge in [-0.05, 0) is 30.3 Å². The fraction of sp³-hybridized carbons (Fsp3) is 0. The molecule has 0 aliphatic carbocycles. The largest absolute Gasteiger partial charge is 0.297 e. The predicted octanol–water partition coefficient (Wildman–Crippen LogP) is 5.17. The minimum atomic E-state index is -3.75. The highest BCUT2D eigenvalue weighted by atomic mass is 35.5. The molecule has 0 spiro atoms. The van der Waals surface area contributed by atoms with Gasteiger partial charge < -0.3 is 0 Å². The molecule has 4 aromatic rings. The van der Waals surface area contributed by atoms with Crippen molar-refractivity contribution >= 4 is 55.2 Å². The number of anilines is 1. The van der Waals surface area contributed by atoms with Gasteiger partial charge in [0, 0.05) is 29.0 Å². The van der Waals surface area contributed by atoms with E-state index in [0.29, 0.717) is 10.7 Å². The monoisotopic (exact) mass is 423 g/mol. The molecule has 0 bridgehead atoms. The minimum Gasteiger partial charge on any atom is -0.297 e. The average Bonchev–Trinajstić information content (AvgIpc) is 3.19. The first-order valence-corrected chi connectivity index (χ1v) is 10.5. The predicted molar refractivity (Wildman–Crippen MR) is 106 cm³/mol. The van der Waals surface area contributed by atoms with Crippen LogP contribution in [-0.4, -0.2) is 17.8 Å². The van der Waals surface area contributed by atoms with Crippen LogP contribution in [0.1, 0.15) is 0 Å². The van der Waals surface area contributed by atoms with Gasteiger partial charge in [0.05, 0.1) is 20.6 Å². The Labute approximate surface area is 163 Å². The molecule has 0 unspecified atom stereocenters. The van der Waals surface area contributed by atoms with Gasteiger partial charge in [-0.2, -0.15) is 0 Å². The van der Waals surface area contributed by atoms with Crippen LogP contribution in [0.5, 0.6) is 0 Å². The number of rotatable bonds is 4. The molecule has 26 heavy (non-hydrogen) atoms. The third kappa shape index (κ3) is 3.31. The zero-order valence-corrected chi connectivity index (χ0v) is 16.2. The number of benzene rings is 2. The first-order chi connectivity index (χ1) is 12.4. The van der Waals surface area contributed by atoms with E-state index >= 15 is 0 Å². The van der Waals surface area contributed by atoms with Crippen LogP contribution >= 0.6 is 34.5 Å². The van der Waals surface area contributed by atoms with Gasteiger partial charge in [-0.15, -0.1) is 11.3 Å². The maximum absolute atomic E-state index is 12.5. The van der Waals surface area contributed by atoms with Gasteiger partial charge in [0.25, 0.3) is 10.0 Å². The van der Waals surface area contributed by atoms with Crippen LogP contribution in [0.15, 0.2) is 65.1 Å². The minimum absolute atomic E-state index is 0.0466. The Morgan fingerprint density at radius 2 is 1.81 bits per heavy atom. The van der Waals surface area contributed by atoms with Crippen molar-refractivity contribution in [1.29, 1.82) is 0 Å². The third-order valence-corrected chi connectivity index (χ3v) is 6.62. The van der Waals surface area contributed by atoms with Gasteiger partial charge in [-0.3, -0.25) is 9.12 Å². The molecule has 132 valence electrons. The molecule has 0 saturated carbocycles. The number of nitrogens with one attached hydrogen (secondary N) is 1. The van der Waals surface area contributed by atoms with Gasteiger partial charge in [-0.25, -0.2) is 13.4 Å². The van der Waals surface area contributed by atoms with E-state index in [-0.39, 0.29) is 9.92 Å². The zero-order valence-electron chi connectivity index (χ0n) is 13.1. The summed E-state index contributed by atoms with van der Waals surface area (Å²) >= 11 is 13.3. The quantitative estimate of drug-likeness (QED) is 0.492. The van der Waals surface area contributed by atoms with Crippen molar-refractivity contribution < 1.29 is 8.42 Å². The molecule has 0 amide bonds. The van der Waals surface area contributed by atoms with Crippen LogP contribution < -0.4 is 4.72 Å². The topological polar surface area (TPSA) is 63.5 Å². The second kappa shape index (κ2) is 6.59. The molecule has 5 nitrogen and oxygen atoms in total. The fourth-order valence-electron chi connectivity index (χ4n) is 2.43. The zero-order chi connectivity index (χ0) is 18.3. The van der Waals surface area contributed by atoms with E-state index in [0.717, 1.165) is 16.2 Å². The molecule has 0 atom stereocenters. The number of sulfonamides is 1. The van der Waals surface area contributed by atoms with Crippen molar-refractivity contribution in [3.8, 4) is 11.3 Å². The van der Waals surface area contributed by atoms with Gasteiger partial charge in [0.1, 0.15) is 0 Å². The first-order valence-electron chi connectivity index (χ1n) is 7.43. The summed E-state index contributed by atoms with van der Waals surface area (Å²) in [7, 11) is -3.75. The molecule has 2 aromatic heterocycles. The van der Waals surface area contributed by atoms with Crippen molar-refractivity contribution in [3.63, 3.8) is 0 Å². The lowest BCUT2D eigenvalue weighted by Crippen LogP contribution is -2.12.